The first-order valence-electron chi connectivity index (χ1n) is 8.56. The van der Waals surface area contributed by atoms with Crippen molar-refractivity contribution in [3.05, 3.63) is 70.1 Å². The minimum atomic E-state index is -0.520. The van der Waals surface area contributed by atoms with Gasteiger partial charge in [0.1, 0.15) is 6.54 Å². The molecular weight excluding hydrogens is 332 g/mol. The monoisotopic (exact) mass is 356 g/mol. The first-order chi connectivity index (χ1) is 12.3. The number of aromatic nitrogens is 1. The molecule has 1 heterocycles. The predicted molar refractivity (Wildman–Crippen MR) is 98.6 cm³/mol. The summed E-state index contributed by atoms with van der Waals surface area (Å²) in [4.78, 5) is 36.2. The van der Waals surface area contributed by atoms with Gasteiger partial charge in [0, 0.05) is 12.3 Å². The van der Waals surface area contributed by atoms with Crippen LogP contribution in [0.1, 0.15) is 37.4 Å². The molecule has 0 aliphatic carbocycles. The van der Waals surface area contributed by atoms with Crippen LogP contribution in [0, 0.1) is 6.92 Å². The lowest BCUT2D eigenvalue weighted by molar-refractivity contribution is -0.148. The number of hydrogen-bond acceptors (Lipinski definition) is 4. The molecule has 1 N–H and O–H groups in total. The number of benzene rings is 1. The van der Waals surface area contributed by atoms with Gasteiger partial charge in [-0.2, -0.15) is 0 Å². The van der Waals surface area contributed by atoms with Crippen LogP contribution < -0.4 is 10.9 Å². The van der Waals surface area contributed by atoms with Crippen molar-refractivity contribution in [1.82, 2.24) is 9.88 Å². The van der Waals surface area contributed by atoms with Crippen molar-refractivity contribution in [2.45, 2.75) is 45.9 Å². The number of hydrogen-bond donors (Lipinski definition) is 1. The molecule has 26 heavy (non-hydrogen) atoms. The highest BCUT2D eigenvalue weighted by atomic mass is 16.5. The molecule has 1 amide bonds. The van der Waals surface area contributed by atoms with Crippen molar-refractivity contribution in [2.75, 3.05) is 0 Å². The van der Waals surface area contributed by atoms with Crippen molar-refractivity contribution in [1.29, 1.82) is 0 Å². The largest absolute Gasteiger partial charge is 0.463 e. The molecule has 0 saturated carbocycles. The Hall–Kier alpha value is -2.89. The Morgan fingerprint density at radius 2 is 1.81 bits per heavy atom. The van der Waals surface area contributed by atoms with Gasteiger partial charge in [-0.25, -0.2) is 0 Å². The number of esters is 1. The fourth-order valence-corrected chi connectivity index (χ4v) is 2.51. The predicted octanol–water partition coefficient (Wildman–Crippen LogP) is 2.36. The highest BCUT2D eigenvalue weighted by Gasteiger charge is 2.20. The first kappa shape index (κ1) is 19.4. The van der Waals surface area contributed by atoms with Crippen molar-refractivity contribution in [3.63, 3.8) is 0 Å². The molecule has 6 nitrogen and oxygen atoms in total. The Kier molecular flexibility index (Phi) is 6.72. The third-order valence-corrected chi connectivity index (χ3v) is 3.77. The van der Waals surface area contributed by atoms with E-state index in [1.165, 1.54) is 10.6 Å². The molecule has 0 aliphatic heterocycles. The SMILES string of the molecule is Cc1ccc(C(CC(=O)OC(C)C)NC(=O)Cn2ccccc2=O)cc1. The molecule has 2 aromatic rings. The van der Waals surface area contributed by atoms with E-state index < -0.39 is 6.04 Å². The number of carbonyl (C=O) groups excluding carboxylic acids is 2. The molecular formula is C20H24N2O4. The van der Waals surface area contributed by atoms with Crippen molar-refractivity contribution >= 4 is 11.9 Å². The molecule has 0 bridgehead atoms. The molecule has 1 aromatic carbocycles. The van der Waals surface area contributed by atoms with Crippen LogP contribution in [-0.4, -0.2) is 22.5 Å². The second-order valence-electron chi connectivity index (χ2n) is 6.44. The smallest absolute Gasteiger partial charge is 0.308 e. The summed E-state index contributed by atoms with van der Waals surface area (Å²) in [5, 5.41) is 2.83. The maximum Gasteiger partial charge on any atom is 0.308 e. The van der Waals surface area contributed by atoms with Crippen LogP contribution in [-0.2, 0) is 20.9 Å². The van der Waals surface area contributed by atoms with Crippen molar-refractivity contribution < 1.29 is 14.3 Å². The van der Waals surface area contributed by atoms with E-state index >= 15 is 0 Å². The van der Waals surface area contributed by atoms with Crippen LogP contribution in [0.25, 0.3) is 0 Å². The minimum absolute atomic E-state index is 0.0245. The van der Waals surface area contributed by atoms with E-state index in [4.69, 9.17) is 4.74 Å². The van der Waals surface area contributed by atoms with E-state index in [0.29, 0.717) is 0 Å². The zero-order valence-corrected chi connectivity index (χ0v) is 15.3. The van der Waals surface area contributed by atoms with Gasteiger partial charge >= 0.3 is 5.97 Å². The number of amides is 1. The van der Waals surface area contributed by atoms with Crippen molar-refractivity contribution in [2.24, 2.45) is 0 Å². The van der Waals surface area contributed by atoms with E-state index in [1.807, 2.05) is 31.2 Å². The maximum atomic E-state index is 12.4. The fourth-order valence-electron chi connectivity index (χ4n) is 2.51. The van der Waals surface area contributed by atoms with Gasteiger partial charge in [0.25, 0.3) is 5.56 Å². The average molecular weight is 356 g/mol. The van der Waals surface area contributed by atoms with E-state index in [9.17, 15) is 14.4 Å². The molecule has 0 radical (unpaired) electrons. The summed E-state index contributed by atoms with van der Waals surface area (Å²) in [6.45, 7) is 5.41. The van der Waals surface area contributed by atoms with E-state index in [-0.39, 0.29) is 36.5 Å². The Morgan fingerprint density at radius 3 is 2.42 bits per heavy atom. The van der Waals surface area contributed by atoms with Gasteiger partial charge in [0.15, 0.2) is 0 Å². The highest BCUT2D eigenvalue weighted by Crippen LogP contribution is 2.18. The Morgan fingerprint density at radius 1 is 1.12 bits per heavy atom. The van der Waals surface area contributed by atoms with Crippen molar-refractivity contribution in [3.8, 4) is 0 Å². The number of nitrogens with one attached hydrogen (secondary N) is 1. The summed E-state index contributed by atoms with van der Waals surface area (Å²) in [7, 11) is 0. The standard InChI is InChI=1S/C20H24N2O4/c1-14(2)26-20(25)12-17(16-9-7-15(3)8-10-16)21-18(23)13-22-11-5-4-6-19(22)24/h4-11,14,17H,12-13H2,1-3H3,(H,21,23). The molecule has 0 fully saturated rings. The van der Waals surface area contributed by atoms with Gasteiger partial charge in [0.05, 0.1) is 18.6 Å². The number of pyridine rings is 1. The summed E-state index contributed by atoms with van der Waals surface area (Å²) < 4.78 is 6.51. The van der Waals surface area contributed by atoms with Crippen LogP contribution in [0.2, 0.25) is 0 Å². The first-order valence-corrected chi connectivity index (χ1v) is 8.56. The summed E-state index contributed by atoms with van der Waals surface area (Å²) in [5.74, 6) is -0.732. The molecule has 1 atom stereocenters. The Labute approximate surface area is 152 Å². The quantitative estimate of drug-likeness (QED) is 0.773. The molecule has 6 heteroatoms. The van der Waals surface area contributed by atoms with Gasteiger partial charge in [-0.05, 0) is 32.4 Å². The number of nitrogens with zero attached hydrogens (tertiary/aromatic N) is 1. The van der Waals surface area contributed by atoms with Gasteiger partial charge in [-0.1, -0.05) is 35.9 Å². The normalized spacial score (nSPS) is 11.8. The van der Waals surface area contributed by atoms with Gasteiger partial charge in [0.2, 0.25) is 5.91 Å². The van der Waals surface area contributed by atoms with E-state index in [0.717, 1.165) is 11.1 Å². The number of ether oxygens (including phenoxy) is 1. The zero-order chi connectivity index (χ0) is 19.1. The van der Waals surface area contributed by atoms with Gasteiger partial charge in [-0.3, -0.25) is 14.4 Å². The Balaban J connectivity index is 2.13. The summed E-state index contributed by atoms with van der Waals surface area (Å²) in [6.07, 6.45) is 1.35. The van der Waals surface area contributed by atoms with Gasteiger partial charge in [-0.15, -0.1) is 0 Å². The van der Waals surface area contributed by atoms with Crippen LogP contribution in [0.3, 0.4) is 0 Å². The average Bonchev–Trinajstić information content (AvgIpc) is 2.56. The minimum Gasteiger partial charge on any atom is -0.463 e. The zero-order valence-electron chi connectivity index (χ0n) is 15.3. The second kappa shape index (κ2) is 8.99. The van der Waals surface area contributed by atoms with E-state index in [1.54, 1.807) is 32.2 Å². The molecule has 0 aliphatic rings. The lowest BCUT2D eigenvalue weighted by atomic mass is 10.0. The summed E-state index contributed by atoms with van der Waals surface area (Å²) >= 11 is 0. The van der Waals surface area contributed by atoms with Gasteiger partial charge < -0.3 is 14.6 Å². The number of rotatable bonds is 7. The van der Waals surface area contributed by atoms with Crippen LogP contribution in [0.15, 0.2) is 53.5 Å². The lowest BCUT2D eigenvalue weighted by Crippen LogP contribution is -2.35. The second-order valence-corrected chi connectivity index (χ2v) is 6.44. The van der Waals surface area contributed by atoms with Crippen LogP contribution in [0.4, 0.5) is 0 Å². The third kappa shape index (κ3) is 5.88. The summed E-state index contributed by atoms with van der Waals surface area (Å²) in [6, 6.07) is 11.8. The molecule has 1 unspecified atom stereocenters. The topological polar surface area (TPSA) is 77.4 Å². The molecule has 2 rings (SSSR count). The van der Waals surface area contributed by atoms with Crippen LogP contribution in [0.5, 0.6) is 0 Å². The molecule has 0 spiro atoms. The Bertz CT molecular complexity index is 809. The lowest BCUT2D eigenvalue weighted by Gasteiger charge is -2.20. The fraction of sp³-hybridized carbons (Fsp3) is 0.350. The maximum absolute atomic E-state index is 12.4. The van der Waals surface area contributed by atoms with Crippen LogP contribution >= 0.6 is 0 Å². The highest BCUT2D eigenvalue weighted by molar-refractivity contribution is 5.78. The summed E-state index contributed by atoms with van der Waals surface area (Å²) in [5.41, 5.74) is 1.64. The number of aryl methyl sites for hydroxylation is 1. The van der Waals surface area contributed by atoms with E-state index in [2.05, 4.69) is 5.32 Å². The molecule has 138 valence electrons. The molecule has 1 aromatic heterocycles. The molecule has 0 saturated heterocycles. The number of carbonyl (C=O) groups is 2. The third-order valence-electron chi connectivity index (χ3n) is 3.77.